The van der Waals surface area contributed by atoms with Gasteiger partial charge in [0.05, 0.1) is 6.54 Å². The van der Waals surface area contributed by atoms with E-state index in [2.05, 4.69) is 5.32 Å². The van der Waals surface area contributed by atoms with Crippen LogP contribution in [0, 0.1) is 0 Å². The fourth-order valence-electron chi connectivity index (χ4n) is 3.07. The number of carbonyl (C=O) groups excluding carboxylic acids is 2. The van der Waals surface area contributed by atoms with E-state index in [0.29, 0.717) is 12.2 Å². The molecule has 154 valence electrons. The predicted octanol–water partition coefficient (Wildman–Crippen LogP) is 0.821. The van der Waals surface area contributed by atoms with Crippen LogP contribution in [0.4, 0.5) is 4.79 Å². The van der Waals surface area contributed by atoms with Crippen molar-refractivity contribution >= 4 is 12.1 Å². The van der Waals surface area contributed by atoms with Crippen molar-refractivity contribution in [3.63, 3.8) is 0 Å². The second-order valence-corrected chi connectivity index (χ2v) is 6.92. The number of amides is 1. The van der Waals surface area contributed by atoms with Gasteiger partial charge in [-0.2, -0.15) is 0 Å². The van der Waals surface area contributed by atoms with Crippen LogP contribution in [0.3, 0.4) is 0 Å². The molecule has 1 atom stereocenters. The van der Waals surface area contributed by atoms with Gasteiger partial charge in [-0.25, -0.2) is 4.79 Å². The van der Waals surface area contributed by atoms with Gasteiger partial charge < -0.3 is 29.2 Å². The van der Waals surface area contributed by atoms with Crippen molar-refractivity contribution in [3.05, 3.63) is 23.8 Å². The van der Waals surface area contributed by atoms with Crippen molar-refractivity contribution < 1.29 is 28.5 Å². The fourth-order valence-corrected chi connectivity index (χ4v) is 3.07. The third kappa shape index (κ3) is 5.49. The van der Waals surface area contributed by atoms with Gasteiger partial charge in [-0.1, -0.05) is 6.07 Å². The van der Waals surface area contributed by atoms with Crippen LogP contribution in [0.5, 0.6) is 11.5 Å². The summed E-state index contributed by atoms with van der Waals surface area (Å²) >= 11 is 0. The number of hydrogen-bond acceptors (Lipinski definition) is 8. The minimum atomic E-state index is -0.539. The predicted molar refractivity (Wildman–Crippen MR) is 100 cm³/mol. The van der Waals surface area contributed by atoms with Gasteiger partial charge in [-0.05, 0) is 31.0 Å². The number of fused-ring (bicyclic) bond motifs is 1. The second-order valence-electron chi connectivity index (χ2n) is 6.92. The number of benzene rings is 1. The molecule has 2 aliphatic heterocycles. The van der Waals surface area contributed by atoms with E-state index in [1.165, 1.54) is 4.90 Å². The summed E-state index contributed by atoms with van der Waals surface area (Å²) in [6.45, 7) is 5.28. The molecule has 0 aliphatic carbocycles. The van der Waals surface area contributed by atoms with Crippen molar-refractivity contribution in [3.8, 4) is 11.5 Å². The monoisotopic (exact) mass is 393 g/mol. The Morgan fingerprint density at radius 3 is 2.75 bits per heavy atom. The number of rotatable bonds is 7. The Balaban J connectivity index is 1.38. The molecule has 0 radical (unpaired) electrons. The van der Waals surface area contributed by atoms with Crippen LogP contribution in [0.2, 0.25) is 0 Å². The van der Waals surface area contributed by atoms with E-state index in [1.54, 1.807) is 7.05 Å². The lowest BCUT2D eigenvalue weighted by atomic mass is 10.1. The molecule has 3 rings (SSSR count). The molecule has 1 aromatic rings. The average Bonchev–Trinajstić information content (AvgIpc) is 3.15. The normalized spacial score (nSPS) is 17.1. The highest BCUT2D eigenvalue weighted by atomic mass is 16.7. The molecule has 1 amide bonds. The summed E-state index contributed by atoms with van der Waals surface area (Å²) < 4.78 is 20.8. The highest BCUT2D eigenvalue weighted by Crippen LogP contribution is 2.32. The minimum Gasteiger partial charge on any atom is -0.454 e. The van der Waals surface area contributed by atoms with Gasteiger partial charge in [0.25, 0.3) is 0 Å². The van der Waals surface area contributed by atoms with Crippen molar-refractivity contribution in [2.24, 2.45) is 0 Å². The zero-order chi connectivity index (χ0) is 19.9. The Labute approximate surface area is 164 Å². The zero-order valence-corrected chi connectivity index (χ0v) is 16.3. The van der Waals surface area contributed by atoms with Gasteiger partial charge in [-0.3, -0.25) is 9.69 Å². The molecule has 0 bridgehead atoms. The maximum atomic E-state index is 12.2. The Bertz CT molecular complexity index is 692. The maximum absolute atomic E-state index is 12.2. The molecule has 9 heteroatoms. The molecule has 0 saturated carbocycles. The Kier molecular flexibility index (Phi) is 6.94. The Hall–Kier alpha value is -2.52. The largest absolute Gasteiger partial charge is 0.454 e. The molecule has 0 spiro atoms. The Morgan fingerprint density at radius 1 is 1.21 bits per heavy atom. The first-order valence-electron chi connectivity index (χ1n) is 9.39. The first kappa shape index (κ1) is 20.2. The number of nitrogens with zero attached hydrogens (tertiary/aromatic N) is 2. The molecule has 2 aliphatic rings. The number of carbonyl (C=O) groups is 2. The molecule has 1 aromatic carbocycles. The lowest BCUT2D eigenvalue weighted by Gasteiger charge is -2.26. The first-order valence-corrected chi connectivity index (χ1v) is 9.39. The molecule has 2 heterocycles. The van der Waals surface area contributed by atoms with Crippen LogP contribution in [-0.2, 0) is 20.7 Å². The van der Waals surface area contributed by atoms with E-state index in [1.807, 2.05) is 30.0 Å². The van der Waals surface area contributed by atoms with Gasteiger partial charge in [0, 0.05) is 39.3 Å². The van der Waals surface area contributed by atoms with E-state index in [0.717, 1.165) is 37.5 Å². The van der Waals surface area contributed by atoms with E-state index in [9.17, 15) is 9.59 Å². The molecule has 1 fully saturated rings. The highest BCUT2D eigenvalue weighted by molar-refractivity contribution is 5.72. The first-order chi connectivity index (χ1) is 13.5. The van der Waals surface area contributed by atoms with Crippen LogP contribution >= 0.6 is 0 Å². The summed E-state index contributed by atoms with van der Waals surface area (Å²) in [5.41, 5.74) is 1.03. The average molecular weight is 393 g/mol. The van der Waals surface area contributed by atoms with Crippen molar-refractivity contribution in [1.82, 2.24) is 15.1 Å². The van der Waals surface area contributed by atoms with Gasteiger partial charge in [0.1, 0.15) is 0 Å². The van der Waals surface area contributed by atoms with Crippen LogP contribution < -0.4 is 14.8 Å². The molecule has 28 heavy (non-hydrogen) atoms. The highest BCUT2D eigenvalue weighted by Gasteiger charge is 2.20. The van der Waals surface area contributed by atoms with E-state index >= 15 is 0 Å². The lowest BCUT2D eigenvalue weighted by Crippen LogP contribution is -2.45. The number of esters is 1. The summed E-state index contributed by atoms with van der Waals surface area (Å²) in [5, 5.41) is 3.22. The summed E-state index contributed by atoms with van der Waals surface area (Å²) in [7, 11) is 1.66. The summed E-state index contributed by atoms with van der Waals surface area (Å²) in [5.74, 6) is 1.05. The number of hydrogen-bond donors (Lipinski definition) is 1. The van der Waals surface area contributed by atoms with Crippen LogP contribution in [0.1, 0.15) is 12.5 Å². The zero-order valence-electron chi connectivity index (χ0n) is 16.3. The third-order valence-electron chi connectivity index (χ3n) is 4.88. The summed E-state index contributed by atoms with van der Waals surface area (Å²) in [4.78, 5) is 27.5. The van der Waals surface area contributed by atoms with E-state index in [4.69, 9.17) is 18.9 Å². The van der Waals surface area contributed by atoms with Crippen LogP contribution in [0.25, 0.3) is 0 Å². The standard InChI is InChI=1S/C19H27N3O6/c1-14(9-15-3-4-16-17(10-15)26-12-25-16)21(2)19(24)28-13-27-18(23)11-22-7-5-20-6-8-22/h3-4,10,14,20H,5-9,11-13H2,1-2H3. The molecule has 0 aromatic heterocycles. The lowest BCUT2D eigenvalue weighted by molar-refractivity contribution is -0.153. The third-order valence-corrected chi connectivity index (χ3v) is 4.88. The quantitative estimate of drug-likeness (QED) is 0.538. The van der Waals surface area contributed by atoms with Gasteiger partial charge in [0.15, 0.2) is 11.5 Å². The SMILES string of the molecule is CC(Cc1ccc2c(c1)OCO2)N(C)C(=O)OCOC(=O)CN1CCNCC1. The molecule has 9 nitrogen and oxygen atoms in total. The minimum absolute atomic E-state index is 0.107. The fraction of sp³-hybridized carbons (Fsp3) is 0.579. The van der Waals surface area contributed by atoms with E-state index < -0.39 is 12.1 Å². The van der Waals surface area contributed by atoms with Gasteiger partial charge >= 0.3 is 12.1 Å². The van der Waals surface area contributed by atoms with Crippen LogP contribution in [0.15, 0.2) is 18.2 Å². The van der Waals surface area contributed by atoms with Crippen molar-refractivity contribution in [2.45, 2.75) is 19.4 Å². The number of nitrogens with one attached hydrogen (secondary N) is 1. The molecule has 1 N–H and O–H groups in total. The number of likely N-dealkylation sites (N-methyl/N-ethyl adjacent to an activating group) is 1. The summed E-state index contributed by atoms with van der Waals surface area (Å²) in [6.07, 6.45) is 0.0913. The molecule has 1 unspecified atom stereocenters. The summed E-state index contributed by atoms with van der Waals surface area (Å²) in [6, 6.07) is 5.61. The van der Waals surface area contributed by atoms with Gasteiger partial charge in [0.2, 0.25) is 13.6 Å². The second kappa shape index (κ2) is 9.61. The van der Waals surface area contributed by atoms with Crippen LogP contribution in [-0.4, -0.2) is 81.3 Å². The van der Waals surface area contributed by atoms with Crippen molar-refractivity contribution in [1.29, 1.82) is 0 Å². The smallest absolute Gasteiger partial charge is 0.412 e. The number of piperazine rings is 1. The number of ether oxygens (including phenoxy) is 4. The molecular weight excluding hydrogens is 366 g/mol. The maximum Gasteiger partial charge on any atom is 0.412 e. The molecular formula is C19H27N3O6. The van der Waals surface area contributed by atoms with Crippen molar-refractivity contribution in [2.75, 3.05) is 53.4 Å². The Morgan fingerprint density at radius 2 is 1.96 bits per heavy atom. The van der Waals surface area contributed by atoms with Gasteiger partial charge in [-0.15, -0.1) is 0 Å². The molecule has 1 saturated heterocycles. The topological polar surface area (TPSA) is 89.6 Å². The van der Waals surface area contributed by atoms with E-state index in [-0.39, 0.29) is 26.2 Å².